The number of aromatic nitrogens is 3. The van der Waals surface area contributed by atoms with Crippen LogP contribution in [0.25, 0.3) is 11.5 Å². The van der Waals surface area contributed by atoms with Gasteiger partial charge < -0.3 is 14.2 Å². The van der Waals surface area contributed by atoms with Crippen LogP contribution < -0.4 is 9.80 Å². The van der Waals surface area contributed by atoms with Crippen LogP contribution in [0.4, 0.5) is 20.6 Å². The Bertz CT molecular complexity index is 862. The van der Waals surface area contributed by atoms with Crippen LogP contribution >= 0.6 is 0 Å². The Morgan fingerprint density at radius 2 is 1.72 bits per heavy atom. The summed E-state index contributed by atoms with van der Waals surface area (Å²) in [5, 5.41) is 7.87. The highest BCUT2D eigenvalue weighted by molar-refractivity contribution is 5.54. The van der Waals surface area contributed by atoms with Crippen LogP contribution in [0.15, 0.2) is 47.0 Å². The fourth-order valence-corrected chi connectivity index (χ4v) is 2.78. The lowest BCUT2D eigenvalue weighted by Gasteiger charge is -2.34. The van der Waals surface area contributed by atoms with Gasteiger partial charge in [0.2, 0.25) is 0 Å². The van der Waals surface area contributed by atoms with Crippen LogP contribution in [0.2, 0.25) is 0 Å². The van der Waals surface area contributed by atoms with Gasteiger partial charge in [-0.1, -0.05) is 11.2 Å². The molecule has 0 radical (unpaired) electrons. The maximum absolute atomic E-state index is 13.8. The van der Waals surface area contributed by atoms with Crippen LogP contribution in [0.3, 0.4) is 0 Å². The number of hydrogen-bond acceptors (Lipinski definition) is 6. The molecule has 3 aromatic rings. The van der Waals surface area contributed by atoms with Crippen molar-refractivity contribution in [3.05, 3.63) is 54.2 Å². The molecular weight excluding hydrogens is 328 g/mol. The van der Waals surface area contributed by atoms with Crippen LogP contribution in [0, 0.1) is 11.6 Å². The molecule has 0 amide bonds. The Labute approximate surface area is 142 Å². The predicted octanol–water partition coefficient (Wildman–Crippen LogP) is 2.74. The summed E-state index contributed by atoms with van der Waals surface area (Å²) < 4.78 is 32.4. The highest BCUT2D eigenvalue weighted by Crippen LogP contribution is 2.26. The molecule has 0 spiro atoms. The van der Waals surface area contributed by atoms with E-state index < -0.39 is 11.6 Å². The lowest BCUT2D eigenvalue weighted by molar-refractivity contribution is 0.518. The van der Waals surface area contributed by atoms with Crippen molar-refractivity contribution >= 4 is 11.8 Å². The molecule has 1 fully saturated rings. The molecule has 4 rings (SSSR count). The fourth-order valence-electron chi connectivity index (χ4n) is 2.78. The van der Waals surface area contributed by atoms with Crippen LogP contribution in [0.5, 0.6) is 0 Å². The van der Waals surface area contributed by atoms with Crippen molar-refractivity contribution in [2.45, 2.75) is 0 Å². The Balaban J connectivity index is 1.47. The molecule has 1 saturated heterocycles. The first-order valence-electron chi connectivity index (χ1n) is 7.90. The number of rotatable bonds is 3. The zero-order valence-electron chi connectivity index (χ0n) is 13.3. The largest absolute Gasteiger partial charge is 0.403 e. The van der Waals surface area contributed by atoms with Gasteiger partial charge in [-0.2, -0.15) is 0 Å². The lowest BCUT2D eigenvalue weighted by Crippen LogP contribution is -2.47. The van der Waals surface area contributed by atoms with Crippen LogP contribution in [0.1, 0.15) is 0 Å². The number of halogens is 2. The van der Waals surface area contributed by atoms with E-state index in [9.17, 15) is 8.78 Å². The van der Waals surface area contributed by atoms with Crippen molar-refractivity contribution in [3.63, 3.8) is 0 Å². The first kappa shape index (κ1) is 15.5. The van der Waals surface area contributed by atoms with E-state index in [0.717, 1.165) is 31.0 Å². The molecule has 6 nitrogen and oxygen atoms in total. The molecule has 0 aliphatic carbocycles. The molecule has 8 heteroatoms. The normalized spacial score (nSPS) is 14.8. The van der Waals surface area contributed by atoms with E-state index in [-0.39, 0.29) is 11.5 Å². The van der Waals surface area contributed by atoms with E-state index in [1.165, 1.54) is 6.07 Å². The maximum Gasteiger partial charge on any atom is 0.318 e. The summed E-state index contributed by atoms with van der Waals surface area (Å²) in [5.41, 5.74) is 0.0901. The highest BCUT2D eigenvalue weighted by Gasteiger charge is 2.23. The van der Waals surface area contributed by atoms with Crippen molar-refractivity contribution in [1.82, 2.24) is 15.2 Å². The summed E-state index contributed by atoms with van der Waals surface area (Å²) >= 11 is 0. The summed E-state index contributed by atoms with van der Waals surface area (Å²) in [4.78, 5) is 8.46. The number of nitrogens with zero attached hydrogens (tertiary/aromatic N) is 5. The first-order valence-corrected chi connectivity index (χ1v) is 7.90. The van der Waals surface area contributed by atoms with Crippen LogP contribution in [-0.4, -0.2) is 41.4 Å². The number of hydrogen-bond donors (Lipinski definition) is 0. The topological polar surface area (TPSA) is 58.3 Å². The molecule has 25 heavy (non-hydrogen) atoms. The van der Waals surface area contributed by atoms with Crippen LogP contribution in [-0.2, 0) is 0 Å². The second-order valence-electron chi connectivity index (χ2n) is 5.68. The van der Waals surface area contributed by atoms with Gasteiger partial charge in [0, 0.05) is 38.4 Å². The van der Waals surface area contributed by atoms with Gasteiger partial charge in [-0.05, 0) is 24.3 Å². The van der Waals surface area contributed by atoms with E-state index >= 15 is 0 Å². The molecule has 0 N–H and O–H groups in total. The molecule has 0 saturated carbocycles. The molecule has 0 atom stereocenters. The number of benzene rings is 1. The van der Waals surface area contributed by atoms with E-state index in [2.05, 4.69) is 20.1 Å². The standard InChI is InChI=1S/C17H15F2N5O/c18-12-4-5-13(14(19)11-12)16-21-22-17(25-16)24-9-7-23(8-10-24)15-3-1-2-6-20-15/h1-6,11H,7-10H2. The second-order valence-corrected chi connectivity index (χ2v) is 5.68. The molecule has 0 bridgehead atoms. The predicted molar refractivity (Wildman–Crippen MR) is 88.3 cm³/mol. The third kappa shape index (κ3) is 3.15. The monoisotopic (exact) mass is 343 g/mol. The third-order valence-corrected chi connectivity index (χ3v) is 4.10. The third-order valence-electron chi connectivity index (χ3n) is 4.10. The summed E-state index contributed by atoms with van der Waals surface area (Å²) in [6, 6.07) is 9.39. The van der Waals surface area contributed by atoms with Gasteiger partial charge in [0.1, 0.15) is 17.5 Å². The average Bonchev–Trinajstić information content (AvgIpc) is 3.12. The summed E-state index contributed by atoms with van der Waals surface area (Å²) in [6.45, 7) is 2.90. The summed E-state index contributed by atoms with van der Waals surface area (Å²) in [7, 11) is 0. The Hall–Kier alpha value is -3.03. The van der Waals surface area contributed by atoms with Gasteiger partial charge in [0.25, 0.3) is 5.89 Å². The minimum atomic E-state index is -0.727. The van der Waals surface area contributed by atoms with Gasteiger partial charge in [-0.25, -0.2) is 13.8 Å². The molecule has 2 aromatic heterocycles. The molecule has 3 heterocycles. The van der Waals surface area contributed by atoms with Crippen molar-refractivity contribution in [2.24, 2.45) is 0 Å². The van der Waals surface area contributed by atoms with Crippen molar-refractivity contribution in [3.8, 4) is 11.5 Å². The van der Waals surface area contributed by atoms with E-state index in [1.807, 2.05) is 23.1 Å². The van der Waals surface area contributed by atoms with Crippen molar-refractivity contribution < 1.29 is 13.2 Å². The van der Waals surface area contributed by atoms with Gasteiger partial charge in [-0.3, -0.25) is 0 Å². The van der Waals surface area contributed by atoms with Crippen molar-refractivity contribution in [1.29, 1.82) is 0 Å². The smallest absolute Gasteiger partial charge is 0.318 e. The molecule has 1 aromatic carbocycles. The number of piperazine rings is 1. The zero-order valence-corrected chi connectivity index (χ0v) is 13.3. The number of anilines is 2. The summed E-state index contributed by atoms with van der Waals surface area (Å²) in [6.07, 6.45) is 1.77. The molecular formula is C17H15F2N5O. The molecule has 0 unspecified atom stereocenters. The quantitative estimate of drug-likeness (QED) is 0.729. The molecule has 1 aliphatic heterocycles. The van der Waals surface area contributed by atoms with Gasteiger partial charge in [-0.15, -0.1) is 5.10 Å². The van der Waals surface area contributed by atoms with E-state index in [1.54, 1.807) is 6.20 Å². The fraction of sp³-hybridized carbons (Fsp3) is 0.235. The summed E-state index contributed by atoms with van der Waals surface area (Å²) in [5.74, 6) is -0.400. The second kappa shape index (κ2) is 6.46. The average molecular weight is 343 g/mol. The number of pyridine rings is 1. The Kier molecular flexibility index (Phi) is 4.01. The molecule has 1 aliphatic rings. The van der Waals surface area contributed by atoms with Gasteiger partial charge >= 0.3 is 6.01 Å². The highest BCUT2D eigenvalue weighted by atomic mass is 19.1. The van der Waals surface area contributed by atoms with E-state index in [0.29, 0.717) is 19.1 Å². The van der Waals surface area contributed by atoms with Gasteiger partial charge in [0.05, 0.1) is 5.56 Å². The van der Waals surface area contributed by atoms with Gasteiger partial charge in [0.15, 0.2) is 0 Å². The first-order chi connectivity index (χ1) is 12.2. The maximum atomic E-state index is 13.8. The molecule has 128 valence electrons. The zero-order chi connectivity index (χ0) is 17.2. The van der Waals surface area contributed by atoms with Crippen molar-refractivity contribution in [2.75, 3.05) is 36.0 Å². The van der Waals surface area contributed by atoms with E-state index in [4.69, 9.17) is 4.42 Å². The lowest BCUT2D eigenvalue weighted by atomic mass is 10.2. The SMILES string of the molecule is Fc1ccc(-c2nnc(N3CCN(c4ccccn4)CC3)o2)c(F)c1. The Morgan fingerprint density at radius 1 is 0.920 bits per heavy atom. The Morgan fingerprint density at radius 3 is 2.44 bits per heavy atom. The minimum absolute atomic E-state index is 0.0413. The minimum Gasteiger partial charge on any atom is -0.403 e.